The normalized spacial score (nSPS) is 9.82. The molecule has 0 bridgehead atoms. The number of amides is 1. The fourth-order valence-electron chi connectivity index (χ4n) is 1.35. The van der Waals surface area contributed by atoms with Crippen LogP contribution in [0.2, 0.25) is 0 Å². The maximum atomic E-state index is 11.5. The Kier molecular flexibility index (Phi) is 5.29. The average molecular weight is 239 g/mol. The van der Waals surface area contributed by atoms with E-state index in [0.29, 0.717) is 23.6 Å². The molecular formula is C12H17NO4. The van der Waals surface area contributed by atoms with Crippen LogP contribution >= 0.6 is 0 Å². The number of benzene rings is 1. The molecule has 5 heteroatoms. The van der Waals surface area contributed by atoms with Gasteiger partial charge in [-0.3, -0.25) is 4.79 Å². The van der Waals surface area contributed by atoms with Crippen LogP contribution < -0.4 is 14.8 Å². The molecule has 0 aliphatic rings. The number of aliphatic hydroxyl groups is 1. The Labute approximate surface area is 100 Å². The first kappa shape index (κ1) is 13.3. The molecule has 5 nitrogen and oxygen atoms in total. The van der Waals surface area contributed by atoms with Gasteiger partial charge in [0.15, 0.2) is 0 Å². The molecule has 0 saturated heterocycles. The van der Waals surface area contributed by atoms with Gasteiger partial charge in [-0.15, -0.1) is 0 Å². The van der Waals surface area contributed by atoms with Crippen LogP contribution in [0.3, 0.4) is 0 Å². The standard InChI is InChI=1S/C12H17NO4/c1-16-9-5-6-10(11(8-9)17-2)13-12(15)4-3-7-14/h5-6,8,14H,3-4,7H2,1-2H3,(H,13,15). The fraction of sp³-hybridized carbons (Fsp3) is 0.417. The second-order valence-electron chi connectivity index (χ2n) is 3.44. The molecular weight excluding hydrogens is 222 g/mol. The van der Waals surface area contributed by atoms with E-state index in [2.05, 4.69) is 5.32 Å². The van der Waals surface area contributed by atoms with Gasteiger partial charge in [0.1, 0.15) is 11.5 Å². The van der Waals surface area contributed by atoms with Crippen LogP contribution in [0.1, 0.15) is 12.8 Å². The van der Waals surface area contributed by atoms with Crippen LogP contribution in [-0.2, 0) is 4.79 Å². The molecule has 0 aromatic heterocycles. The zero-order valence-corrected chi connectivity index (χ0v) is 10.0. The van der Waals surface area contributed by atoms with E-state index < -0.39 is 0 Å². The second kappa shape index (κ2) is 6.75. The molecule has 0 aliphatic carbocycles. The highest BCUT2D eigenvalue weighted by atomic mass is 16.5. The molecule has 17 heavy (non-hydrogen) atoms. The monoisotopic (exact) mass is 239 g/mol. The van der Waals surface area contributed by atoms with Crippen LogP contribution in [0.5, 0.6) is 11.5 Å². The Morgan fingerprint density at radius 3 is 2.71 bits per heavy atom. The lowest BCUT2D eigenvalue weighted by molar-refractivity contribution is -0.116. The molecule has 0 radical (unpaired) electrons. The molecule has 0 atom stereocenters. The van der Waals surface area contributed by atoms with E-state index in [1.165, 1.54) is 7.11 Å². The van der Waals surface area contributed by atoms with E-state index in [9.17, 15) is 4.79 Å². The molecule has 1 aromatic carbocycles. The second-order valence-corrected chi connectivity index (χ2v) is 3.44. The molecule has 0 spiro atoms. The largest absolute Gasteiger partial charge is 0.497 e. The third-order valence-corrected chi connectivity index (χ3v) is 2.24. The smallest absolute Gasteiger partial charge is 0.224 e. The maximum absolute atomic E-state index is 11.5. The molecule has 2 N–H and O–H groups in total. The number of ether oxygens (including phenoxy) is 2. The van der Waals surface area contributed by atoms with Gasteiger partial charge in [-0.05, 0) is 18.6 Å². The first-order valence-electron chi connectivity index (χ1n) is 5.34. The molecule has 1 aromatic rings. The van der Waals surface area contributed by atoms with Crippen molar-refractivity contribution in [3.05, 3.63) is 18.2 Å². The summed E-state index contributed by atoms with van der Waals surface area (Å²) < 4.78 is 10.2. The van der Waals surface area contributed by atoms with Crippen molar-refractivity contribution in [1.29, 1.82) is 0 Å². The Balaban J connectivity index is 2.73. The Morgan fingerprint density at radius 1 is 1.35 bits per heavy atom. The highest BCUT2D eigenvalue weighted by Gasteiger charge is 2.08. The number of carbonyl (C=O) groups excluding carboxylic acids is 1. The third kappa shape index (κ3) is 3.96. The molecule has 1 rings (SSSR count). The lowest BCUT2D eigenvalue weighted by Gasteiger charge is -2.11. The number of nitrogens with one attached hydrogen (secondary N) is 1. The van der Waals surface area contributed by atoms with Gasteiger partial charge >= 0.3 is 0 Å². The zero-order valence-electron chi connectivity index (χ0n) is 10.0. The van der Waals surface area contributed by atoms with Crippen molar-refractivity contribution in [2.24, 2.45) is 0 Å². The summed E-state index contributed by atoms with van der Waals surface area (Å²) in [6.45, 7) is 0.00711. The van der Waals surface area contributed by atoms with Gasteiger partial charge in [0, 0.05) is 19.1 Å². The number of carbonyl (C=O) groups is 1. The summed E-state index contributed by atoms with van der Waals surface area (Å²) in [4.78, 5) is 11.5. The van der Waals surface area contributed by atoms with Crippen molar-refractivity contribution < 1.29 is 19.4 Å². The quantitative estimate of drug-likeness (QED) is 0.787. The van der Waals surface area contributed by atoms with Crippen molar-refractivity contribution in [1.82, 2.24) is 0 Å². The molecule has 0 fully saturated rings. The van der Waals surface area contributed by atoms with Gasteiger partial charge in [0.05, 0.1) is 19.9 Å². The third-order valence-electron chi connectivity index (χ3n) is 2.24. The SMILES string of the molecule is COc1ccc(NC(=O)CCCO)c(OC)c1. The van der Waals surface area contributed by atoms with Crippen LogP contribution in [-0.4, -0.2) is 31.8 Å². The molecule has 94 valence electrons. The van der Waals surface area contributed by atoms with Crippen LogP contribution in [0.25, 0.3) is 0 Å². The number of anilines is 1. The predicted octanol–water partition coefficient (Wildman–Crippen LogP) is 1.41. The first-order valence-corrected chi connectivity index (χ1v) is 5.34. The van der Waals surface area contributed by atoms with Crippen molar-refractivity contribution in [2.75, 3.05) is 26.1 Å². The van der Waals surface area contributed by atoms with Gasteiger partial charge in [-0.2, -0.15) is 0 Å². The minimum absolute atomic E-state index is 0.00711. The lowest BCUT2D eigenvalue weighted by Crippen LogP contribution is -2.12. The Hall–Kier alpha value is -1.75. The first-order chi connectivity index (χ1) is 8.21. The van der Waals surface area contributed by atoms with Gasteiger partial charge in [0.2, 0.25) is 5.91 Å². The average Bonchev–Trinajstić information content (AvgIpc) is 2.36. The predicted molar refractivity (Wildman–Crippen MR) is 64.5 cm³/mol. The summed E-state index contributed by atoms with van der Waals surface area (Å²) in [7, 11) is 3.09. The van der Waals surface area contributed by atoms with Crippen molar-refractivity contribution in [2.45, 2.75) is 12.8 Å². The van der Waals surface area contributed by atoms with E-state index in [4.69, 9.17) is 14.6 Å². The minimum atomic E-state index is -0.150. The molecule has 0 aliphatic heterocycles. The number of hydrogen-bond acceptors (Lipinski definition) is 4. The summed E-state index contributed by atoms with van der Waals surface area (Å²) in [5.74, 6) is 1.06. The van der Waals surface area contributed by atoms with E-state index in [-0.39, 0.29) is 18.9 Å². The summed E-state index contributed by atoms with van der Waals surface area (Å²) >= 11 is 0. The highest BCUT2D eigenvalue weighted by molar-refractivity contribution is 5.92. The summed E-state index contributed by atoms with van der Waals surface area (Å²) in [5, 5.41) is 11.3. The summed E-state index contributed by atoms with van der Waals surface area (Å²) in [6, 6.07) is 5.15. The zero-order chi connectivity index (χ0) is 12.7. The topological polar surface area (TPSA) is 67.8 Å². The van der Waals surface area contributed by atoms with Crippen molar-refractivity contribution >= 4 is 11.6 Å². The lowest BCUT2D eigenvalue weighted by atomic mass is 10.2. The molecule has 0 heterocycles. The fourth-order valence-corrected chi connectivity index (χ4v) is 1.35. The van der Waals surface area contributed by atoms with Crippen LogP contribution in [0.15, 0.2) is 18.2 Å². The Bertz CT molecular complexity index is 379. The van der Waals surface area contributed by atoms with E-state index in [0.717, 1.165) is 0 Å². The number of hydrogen-bond donors (Lipinski definition) is 2. The molecule has 0 unspecified atom stereocenters. The number of rotatable bonds is 6. The van der Waals surface area contributed by atoms with Gasteiger partial charge < -0.3 is 19.9 Å². The van der Waals surface area contributed by atoms with Gasteiger partial charge in [-0.1, -0.05) is 0 Å². The number of aliphatic hydroxyl groups excluding tert-OH is 1. The number of methoxy groups -OCH3 is 2. The van der Waals surface area contributed by atoms with E-state index in [1.807, 2.05) is 0 Å². The molecule has 0 saturated carbocycles. The van der Waals surface area contributed by atoms with E-state index >= 15 is 0 Å². The van der Waals surface area contributed by atoms with E-state index in [1.54, 1.807) is 25.3 Å². The minimum Gasteiger partial charge on any atom is -0.497 e. The summed E-state index contributed by atoms with van der Waals surface area (Å²) in [5.41, 5.74) is 0.594. The van der Waals surface area contributed by atoms with Crippen molar-refractivity contribution in [3.63, 3.8) is 0 Å². The van der Waals surface area contributed by atoms with Crippen LogP contribution in [0.4, 0.5) is 5.69 Å². The van der Waals surface area contributed by atoms with Crippen LogP contribution in [0, 0.1) is 0 Å². The summed E-state index contributed by atoms with van der Waals surface area (Å²) in [6.07, 6.45) is 0.732. The van der Waals surface area contributed by atoms with Gasteiger partial charge in [-0.25, -0.2) is 0 Å². The Morgan fingerprint density at radius 2 is 2.12 bits per heavy atom. The maximum Gasteiger partial charge on any atom is 0.224 e. The molecule has 1 amide bonds. The van der Waals surface area contributed by atoms with Crippen molar-refractivity contribution in [3.8, 4) is 11.5 Å². The van der Waals surface area contributed by atoms with Gasteiger partial charge in [0.25, 0.3) is 0 Å². The highest BCUT2D eigenvalue weighted by Crippen LogP contribution is 2.29.